The van der Waals surface area contributed by atoms with Crippen molar-refractivity contribution in [2.24, 2.45) is 0 Å². The Balaban J connectivity index is 1.71. The molecule has 0 saturated carbocycles. The lowest BCUT2D eigenvalue weighted by Gasteiger charge is -2.20. The lowest BCUT2D eigenvalue weighted by atomic mass is 9.93. The molecule has 0 aliphatic heterocycles. The van der Waals surface area contributed by atoms with Gasteiger partial charge in [0.25, 0.3) is 0 Å². The summed E-state index contributed by atoms with van der Waals surface area (Å²) in [5, 5.41) is 11.7. The Hall–Kier alpha value is -3.98. The molecule has 2 aromatic heterocycles. The first kappa shape index (κ1) is 23.4. The SMILES string of the molecule is FC(F)(F)c1cccc(-c2nnc(-c3cc4ccccc4s3)c3cc4ccccc4cc23)c1C(F)(F)F. The van der Waals surface area contributed by atoms with Gasteiger partial charge in [0.05, 0.1) is 16.0 Å². The molecule has 4 aromatic carbocycles. The van der Waals surface area contributed by atoms with Crippen molar-refractivity contribution in [3.8, 4) is 21.8 Å². The molecule has 2 heterocycles. The van der Waals surface area contributed by atoms with Gasteiger partial charge in [-0.15, -0.1) is 21.5 Å². The van der Waals surface area contributed by atoms with Crippen LogP contribution in [0.15, 0.2) is 84.9 Å². The normalized spacial score (nSPS) is 12.6. The van der Waals surface area contributed by atoms with Gasteiger partial charge in [-0.3, -0.25) is 0 Å². The summed E-state index contributed by atoms with van der Waals surface area (Å²) in [6.45, 7) is 0. The molecule has 0 radical (unpaired) electrons. The first-order valence-corrected chi connectivity index (χ1v) is 11.9. The second-order valence-corrected chi connectivity index (χ2v) is 9.60. The van der Waals surface area contributed by atoms with Crippen LogP contribution < -0.4 is 0 Å². The Morgan fingerprint density at radius 2 is 1.16 bits per heavy atom. The minimum Gasteiger partial charge on any atom is -0.166 e. The van der Waals surface area contributed by atoms with Crippen LogP contribution in [0, 0.1) is 0 Å². The van der Waals surface area contributed by atoms with Gasteiger partial charge in [0.15, 0.2) is 0 Å². The number of alkyl halides is 6. The number of rotatable bonds is 2. The van der Waals surface area contributed by atoms with Crippen LogP contribution in [0.5, 0.6) is 0 Å². The van der Waals surface area contributed by atoms with E-state index >= 15 is 0 Å². The summed E-state index contributed by atoms with van der Waals surface area (Å²) in [6.07, 6.45) is -10.5. The van der Waals surface area contributed by atoms with Gasteiger partial charge in [-0.2, -0.15) is 26.3 Å². The van der Waals surface area contributed by atoms with Crippen molar-refractivity contribution in [2.45, 2.75) is 12.4 Å². The molecular weight excluding hydrogens is 510 g/mol. The zero-order chi connectivity index (χ0) is 25.9. The molecule has 0 unspecified atom stereocenters. The van der Waals surface area contributed by atoms with Gasteiger partial charge in [0, 0.05) is 21.0 Å². The van der Waals surface area contributed by atoms with Gasteiger partial charge in [0.1, 0.15) is 11.4 Å². The molecule has 37 heavy (non-hydrogen) atoms. The molecule has 0 N–H and O–H groups in total. The van der Waals surface area contributed by atoms with Crippen molar-refractivity contribution < 1.29 is 26.3 Å². The Bertz CT molecular complexity index is 1790. The minimum atomic E-state index is -5.27. The van der Waals surface area contributed by atoms with Crippen LogP contribution >= 0.6 is 11.3 Å². The van der Waals surface area contributed by atoms with Crippen LogP contribution in [-0.2, 0) is 12.4 Å². The van der Waals surface area contributed by atoms with Gasteiger partial charge in [0.2, 0.25) is 0 Å². The largest absolute Gasteiger partial charge is 0.417 e. The lowest BCUT2D eigenvalue weighted by molar-refractivity contribution is -0.161. The predicted molar refractivity (Wildman–Crippen MR) is 133 cm³/mol. The molecule has 0 bridgehead atoms. The number of hydrogen-bond acceptors (Lipinski definition) is 3. The van der Waals surface area contributed by atoms with Crippen molar-refractivity contribution in [2.75, 3.05) is 0 Å². The van der Waals surface area contributed by atoms with E-state index in [4.69, 9.17) is 0 Å². The molecule has 6 aromatic rings. The Morgan fingerprint density at radius 1 is 0.568 bits per heavy atom. The van der Waals surface area contributed by atoms with Crippen molar-refractivity contribution in [3.05, 3.63) is 96.1 Å². The second kappa shape index (κ2) is 8.27. The molecule has 184 valence electrons. The monoisotopic (exact) mass is 524 g/mol. The number of hydrogen-bond donors (Lipinski definition) is 0. The van der Waals surface area contributed by atoms with Gasteiger partial charge in [-0.1, -0.05) is 54.6 Å². The highest BCUT2D eigenvalue weighted by Crippen LogP contribution is 2.47. The molecule has 0 aliphatic carbocycles. The first-order chi connectivity index (χ1) is 17.6. The second-order valence-electron chi connectivity index (χ2n) is 8.51. The number of nitrogens with zero attached hydrogens (tertiary/aromatic N) is 2. The quantitative estimate of drug-likeness (QED) is 0.167. The summed E-state index contributed by atoms with van der Waals surface area (Å²) >= 11 is 1.45. The highest BCUT2D eigenvalue weighted by Gasteiger charge is 2.45. The average Bonchev–Trinajstić information content (AvgIpc) is 3.29. The number of halogens is 6. The minimum absolute atomic E-state index is 0.260. The van der Waals surface area contributed by atoms with Crippen LogP contribution in [0.4, 0.5) is 26.3 Å². The molecule has 6 rings (SSSR count). The molecule has 0 saturated heterocycles. The number of benzene rings is 4. The fraction of sp³-hybridized carbons (Fsp3) is 0.0714. The van der Waals surface area contributed by atoms with Gasteiger partial charge in [-0.05, 0) is 46.5 Å². The number of thiophene rings is 1. The molecule has 9 heteroatoms. The van der Waals surface area contributed by atoms with Crippen LogP contribution in [-0.4, -0.2) is 10.2 Å². The van der Waals surface area contributed by atoms with Crippen LogP contribution in [0.1, 0.15) is 11.1 Å². The maximum atomic E-state index is 14.1. The third-order valence-electron chi connectivity index (χ3n) is 6.21. The summed E-state index contributed by atoms with van der Waals surface area (Å²) in [6, 6.07) is 22.7. The van der Waals surface area contributed by atoms with Crippen LogP contribution in [0.3, 0.4) is 0 Å². The smallest absolute Gasteiger partial charge is 0.166 e. The zero-order valence-electron chi connectivity index (χ0n) is 18.7. The van der Waals surface area contributed by atoms with E-state index in [0.717, 1.165) is 32.5 Å². The number of aromatic nitrogens is 2. The first-order valence-electron chi connectivity index (χ1n) is 11.1. The Labute approximate surface area is 209 Å². The molecule has 2 nitrogen and oxygen atoms in total. The summed E-state index contributed by atoms with van der Waals surface area (Å²) in [5.41, 5.74) is -4.02. The maximum absolute atomic E-state index is 14.1. The zero-order valence-corrected chi connectivity index (χ0v) is 19.5. The molecule has 0 atom stereocenters. The molecule has 0 aliphatic rings. The lowest BCUT2D eigenvalue weighted by Crippen LogP contribution is -2.18. The Morgan fingerprint density at radius 3 is 1.78 bits per heavy atom. The fourth-order valence-corrected chi connectivity index (χ4v) is 5.67. The number of fused-ring (bicyclic) bond motifs is 3. The van der Waals surface area contributed by atoms with Crippen LogP contribution in [0.2, 0.25) is 0 Å². The van der Waals surface area contributed by atoms with Gasteiger partial charge < -0.3 is 0 Å². The summed E-state index contributed by atoms with van der Waals surface area (Å²) < 4.78 is 84.2. The van der Waals surface area contributed by atoms with E-state index < -0.39 is 29.0 Å². The third kappa shape index (κ3) is 3.99. The van der Waals surface area contributed by atoms with E-state index in [1.807, 2.05) is 42.5 Å². The summed E-state index contributed by atoms with van der Waals surface area (Å²) in [4.78, 5) is 0.751. The van der Waals surface area contributed by atoms with E-state index in [1.165, 1.54) is 11.3 Å². The van der Waals surface area contributed by atoms with Gasteiger partial charge in [-0.25, -0.2) is 0 Å². The van der Waals surface area contributed by atoms with E-state index in [-0.39, 0.29) is 11.1 Å². The fourth-order valence-electron chi connectivity index (χ4n) is 4.61. The molecule has 0 spiro atoms. The molecular formula is C28H14F6N2S. The third-order valence-corrected chi connectivity index (χ3v) is 7.34. The highest BCUT2D eigenvalue weighted by molar-refractivity contribution is 7.22. The van der Waals surface area contributed by atoms with E-state index in [1.54, 1.807) is 24.3 Å². The van der Waals surface area contributed by atoms with Crippen molar-refractivity contribution in [1.29, 1.82) is 0 Å². The standard InChI is InChI=1S/C28H14F6N2S/c29-27(30,31)21-10-5-9-18(24(21)28(32,33)34)25-19-12-15-6-1-2-7-16(15)13-20(19)26(36-35-25)23-14-17-8-3-4-11-22(17)37-23/h1-14H. The highest BCUT2D eigenvalue weighted by atomic mass is 32.1. The Kier molecular flexibility index (Phi) is 5.24. The summed E-state index contributed by atoms with van der Waals surface area (Å²) in [5.74, 6) is 0. The van der Waals surface area contributed by atoms with Crippen molar-refractivity contribution in [3.63, 3.8) is 0 Å². The van der Waals surface area contributed by atoms with Crippen molar-refractivity contribution in [1.82, 2.24) is 10.2 Å². The summed E-state index contributed by atoms with van der Waals surface area (Å²) in [7, 11) is 0. The maximum Gasteiger partial charge on any atom is 0.417 e. The van der Waals surface area contributed by atoms with Crippen molar-refractivity contribution >= 4 is 43.0 Å². The topological polar surface area (TPSA) is 25.8 Å². The molecule has 0 amide bonds. The van der Waals surface area contributed by atoms with E-state index in [9.17, 15) is 26.3 Å². The van der Waals surface area contributed by atoms with E-state index in [2.05, 4.69) is 10.2 Å². The van der Waals surface area contributed by atoms with E-state index in [0.29, 0.717) is 22.5 Å². The average molecular weight is 524 g/mol. The van der Waals surface area contributed by atoms with Gasteiger partial charge >= 0.3 is 12.4 Å². The predicted octanol–water partition coefficient (Wildman–Crippen LogP) is 9.37. The molecule has 0 fully saturated rings. The van der Waals surface area contributed by atoms with Crippen LogP contribution in [0.25, 0.3) is 53.5 Å².